The summed E-state index contributed by atoms with van der Waals surface area (Å²) in [5.74, 6) is 0.0941. The molecule has 2 N–H and O–H groups in total. The third kappa shape index (κ3) is 3.49. The minimum Gasteiger partial charge on any atom is -0.381 e. The highest BCUT2D eigenvalue weighted by atomic mass is 35.5. The third-order valence-corrected chi connectivity index (χ3v) is 4.32. The van der Waals surface area contributed by atoms with Crippen molar-refractivity contribution in [3.8, 4) is 0 Å². The lowest BCUT2D eigenvalue weighted by Crippen LogP contribution is -2.18. The van der Waals surface area contributed by atoms with Crippen molar-refractivity contribution in [3.05, 3.63) is 52.8 Å². The predicted octanol–water partition coefficient (Wildman–Crippen LogP) is 4.14. The van der Waals surface area contributed by atoms with E-state index in [9.17, 15) is 9.18 Å². The Morgan fingerprint density at radius 3 is 2.95 bits per heavy atom. The van der Waals surface area contributed by atoms with Crippen LogP contribution in [0.15, 0.2) is 41.3 Å². The van der Waals surface area contributed by atoms with Crippen molar-refractivity contribution in [2.75, 3.05) is 16.4 Å². The fourth-order valence-corrected chi connectivity index (χ4v) is 3.14. The van der Waals surface area contributed by atoms with Gasteiger partial charge in [-0.05, 0) is 42.0 Å². The van der Waals surface area contributed by atoms with E-state index in [0.717, 1.165) is 21.8 Å². The first-order chi connectivity index (χ1) is 10.1. The Bertz CT molecular complexity index is 688. The Balaban J connectivity index is 1.73. The van der Waals surface area contributed by atoms with Gasteiger partial charge in [-0.3, -0.25) is 4.79 Å². The molecule has 2 aromatic rings. The van der Waals surface area contributed by atoms with Gasteiger partial charge in [0.15, 0.2) is 0 Å². The zero-order chi connectivity index (χ0) is 14.8. The summed E-state index contributed by atoms with van der Waals surface area (Å²) >= 11 is 7.34. The van der Waals surface area contributed by atoms with E-state index in [4.69, 9.17) is 11.6 Å². The molecule has 0 aromatic heterocycles. The summed E-state index contributed by atoms with van der Waals surface area (Å²) in [4.78, 5) is 12.4. The zero-order valence-electron chi connectivity index (χ0n) is 11.0. The first-order valence-corrected chi connectivity index (χ1v) is 7.72. The number of carbonyl (C=O) groups excluding carboxylic acids is 1. The van der Waals surface area contributed by atoms with Crippen molar-refractivity contribution in [1.82, 2.24) is 0 Å². The molecule has 0 aliphatic carbocycles. The van der Waals surface area contributed by atoms with E-state index in [1.807, 2.05) is 18.2 Å². The van der Waals surface area contributed by atoms with Gasteiger partial charge in [-0.1, -0.05) is 11.6 Å². The molecule has 0 atom stereocenters. The monoisotopic (exact) mass is 322 g/mol. The molecule has 1 aliphatic heterocycles. The van der Waals surface area contributed by atoms with Gasteiger partial charge in [0, 0.05) is 22.2 Å². The summed E-state index contributed by atoms with van der Waals surface area (Å²) in [6, 6.07) is 10.2. The number of amides is 1. The molecule has 1 aliphatic rings. The van der Waals surface area contributed by atoms with Crippen molar-refractivity contribution in [2.45, 2.75) is 11.4 Å². The highest BCUT2D eigenvalue weighted by molar-refractivity contribution is 8.00. The maximum atomic E-state index is 13.3. The Morgan fingerprint density at radius 1 is 1.29 bits per heavy atom. The molecule has 0 saturated carbocycles. The molecule has 2 aromatic carbocycles. The molecule has 0 unspecified atom stereocenters. The van der Waals surface area contributed by atoms with Crippen LogP contribution in [0.1, 0.15) is 5.56 Å². The Morgan fingerprint density at radius 2 is 2.14 bits per heavy atom. The number of nitrogens with one attached hydrogen (secondary N) is 2. The van der Waals surface area contributed by atoms with E-state index < -0.39 is 0 Å². The van der Waals surface area contributed by atoms with Crippen LogP contribution in [0.25, 0.3) is 0 Å². The second-order valence-corrected chi connectivity index (χ2v) is 6.13. The van der Waals surface area contributed by atoms with Crippen LogP contribution in [0.5, 0.6) is 0 Å². The van der Waals surface area contributed by atoms with Gasteiger partial charge in [0.05, 0.1) is 11.4 Å². The van der Waals surface area contributed by atoms with Gasteiger partial charge in [-0.2, -0.15) is 0 Å². The van der Waals surface area contributed by atoms with E-state index in [1.165, 1.54) is 23.9 Å². The van der Waals surface area contributed by atoms with Crippen molar-refractivity contribution >= 4 is 40.6 Å². The number of rotatable bonds is 3. The van der Waals surface area contributed by atoms with Gasteiger partial charge in [-0.25, -0.2) is 4.39 Å². The first-order valence-electron chi connectivity index (χ1n) is 6.36. The van der Waals surface area contributed by atoms with Crippen LogP contribution < -0.4 is 10.6 Å². The molecule has 3 rings (SSSR count). The molecule has 0 fully saturated rings. The fourth-order valence-electron chi connectivity index (χ4n) is 2.11. The molecule has 0 bridgehead atoms. The van der Waals surface area contributed by atoms with Crippen LogP contribution in [-0.4, -0.2) is 11.7 Å². The summed E-state index contributed by atoms with van der Waals surface area (Å²) in [6.07, 6.45) is 0. The van der Waals surface area contributed by atoms with Crippen LogP contribution >= 0.6 is 23.4 Å². The molecule has 6 heteroatoms. The number of hydrogen-bond acceptors (Lipinski definition) is 3. The number of halogens is 2. The standard InChI is InChI=1S/C15H12ClFN2OS/c16-10-3-9(4-11(17)5-10)7-18-12-1-2-14-13(6-12)19-15(20)8-21-14/h1-6,18H,7-8H2,(H,19,20). The van der Waals surface area contributed by atoms with Gasteiger partial charge in [0.1, 0.15) is 5.82 Å². The molecule has 0 spiro atoms. The highest BCUT2D eigenvalue weighted by Crippen LogP contribution is 2.33. The number of thioether (sulfide) groups is 1. The van der Waals surface area contributed by atoms with Gasteiger partial charge in [0.2, 0.25) is 5.91 Å². The van der Waals surface area contributed by atoms with E-state index in [2.05, 4.69) is 10.6 Å². The van der Waals surface area contributed by atoms with Crippen molar-refractivity contribution in [1.29, 1.82) is 0 Å². The smallest absolute Gasteiger partial charge is 0.234 e. The summed E-state index contributed by atoms with van der Waals surface area (Å²) < 4.78 is 13.3. The minimum atomic E-state index is -0.353. The number of anilines is 2. The van der Waals surface area contributed by atoms with Crippen LogP contribution in [0.2, 0.25) is 5.02 Å². The van der Waals surface area contributed by atoms with Crippen LogP contribution in [0, 0.1) is 5.82 Å². The maximum absolute atomic E-state index is 13.3. The second kappa shape index (κ2) is 5.95. The molecule has 1 amide bonds. The van der Waals surface area contributed by atoms with Crippen molar-refractivity contribution in [2.24, 2.45) is 0 Å². The Kier molecular flexibility index (Phi) is 4.03. The molecule has 108 valence electrons. The van der Waals surface area contributed by atoms with E-state index in [-0.39, 0.29) is 11.7 Å². The van der Waals surface area contributed by atoms with E-state index >= 15 is 0 Å². The zero-order valence-corrected chi connectivity index (χ0v) is 12.5. The van der Waals surface area contributed by atoms with E-state index in [0.29, 0.717) is 17.3 Å². The summed E-state index contributed by atoms with van der Waals surface area (Å²) in [7, 11) is 0. The summed E-state index contributed by atoms with van der Waals surface area (Å²) in [6.45, 7) is 0.456. The van der Waals surface area contributed by atoms with Crippen molar-refractivity contribution < 1.29 is 9.18 Å². The average molecular weight is 323 g/mol. The quantitative estimate of drug-likeness (QED) is 0.892. The van der Waals surface area contributed by atoms with Gasteiger partial charge >= 0.3 is 0 Å². The Hall–Kier alpha value is -1.72. The molecule has 3 nitrogen and oxygen atoms in total. The Labute approximate surface area is 130 Å². The largest absolute Gasteiger partial charge is 0.381 e. The van der Waals surface area contributed by atoms with Crippen LogP contribution in [0.4, 0.5) is 15.8 Å². The topological polar surface area (TPSA) is 41.1 Å². The molecular weight excluding hydrogens is 311 g/mol. The van der Waals surface area contributed by atoms with Gasteiger partial charge < -0.3 is 10.6 Å². The number of carbonyl (C=O) groups is 1. The van der Waals surface area contributed by atoms with Crippen molar-refractivity contribution in [3.63, 3.8) is 0 Å². The summed E-state index contributed by atoms with van der Waals surface area (Å²) in [5, 5.41) is 6.41. The predicted molar refractivity (Wildman–Crippen MR) is 84.5 cm³/mol. The number of hydrogen-bond donors (Lipinski definition) is 2. The minimum absolute atomic E-state index is 0.00145. The van der Waals surface area contributed by atoms with Crippen LogP contribution in [-0.2, 0) is 11.3 Å². The lowest BCUT2D eigenvalue weighted by molar-refractivity contribution is -0.113. The fraction of sp³-hybridized carbons (Fsp3) is 0.133. The molecule has 21 heavy (non-hydrogen) atoms. The highest BCUT2D eigenvalue weighted by Gasteiger charge is 2.15. The molecular formula is C15H12ClFN2OS. The lowest BCUT2D eigenvalue weighted by atomic mass is 10.2. The normalized spacial score (nSPS) is 13.5. The second-order valence-electron chi connectivity index (χ2n) is 4.68. The molecule has 0 radical (unpaired) electrons. The molecule has 0 saturated heterocycles. The van der Waals surface area contributed by atoms with Gasteiger partial charge in [0.25, 0.3) is 0 Å². The first kappa shape index (κ1) is 14.2. The number of fused-ring (bicyclic) bond motifs is 1. The summed E-state index contributed by atoms with van der Waals surface area (Å²) in [5.41, 5.74) is 2.42. The van der Waals surface area contributed by atoms with Gasteiger partial charge in [-0.15, -0.1) is 11.8 Å². The number of benzene rings is 2. The van der Waals surface area contributed by atoms with E-state index in [1.54, 1.807) is 6.07 Å². The average Bonchev–Trinajstić information content (AvgIpc) is 2.43. The maximum Gasteiger partial charge on any atom is 0.234 e. The SMILES string of the molecule is O=C1CSc2ccc(NCc3cc(F)cc(Cl)c3)cc2N1. The van der Waals surface area contributed by atoms with Crippen LogP contribution in [0.3, 0.4) is 0 Å². The third-order valence-electron chi connectivity index (χ3n) is 3.03. The lowest BCUT2D eigenvalue weighted by Gasteiger charge is -2.17. The molecule has 1 heterocycles.